The molecule has 5 nitrogen and oxygen atoms in total. The zero-order valence-electron chi connectivity index (χ0n) is 10.3. The lowest BCUT2D eigenvalue weighted by Crippen LogP contribution is -2.48. The molecule has 0 saturated heterocycles. The summed E-state index contributed by atoms with van der Waals surface area (Å²) in [5.74, 6) is -0.400. The number of carboxylic acid groups (broad SMARTS) is 1. The predicted octanol–water partition coefficient (Wildman–Crippen LogP) is 1.72. The molecule has 1 aliphatic carbocycles. The molecule has 98 valence electrons. The van der Waals surface area contributed by atoms with E-state index in [-0.39, 0.29) is 17.7 Å². The van der Waals surface area contributed by atoms with Crippen molar-refractivity contribution >= 4 is 11.7 Å². The van der Waals surface area contributed by atoms with Gasteiger partial charge in [-0.05, 0) is 31.4 Å². The highest BCUT2D eigenvalue weighted by Crippen LogP contribution is 2.36. The second-order valence-electron chi connectivity index (χ2n) is 4.63. The lowest BCUT2D eigenvalue weighted by Gasteiger charge is -2.42. The molecule has 0 atom stereocenters. The fourth-order valence-corrected chi connectivity index (χ4v) is 2.15. The van der Waals surface area contributed by atoms with Gasteiger partial charge < -0.3 is 20.3 Å². The molecule has 0 aliphatic heterocycles. The number of aromatic carboxylic acids is 1. The number of hydrogen-bond acceptors (Lipinski definition) is 4. The molecule has 1 fully saturated rings. The third-order valence-corrected chi connectivity index (χ3v) is 3.47. The van der Waals surface area contributed by atoms with E-state index in [1.54, 1.807) is 12.1 Å². The van der Waals surface area contributed by atoms with Gasteiger partial charge in [-0.3, -0.25) is 0 Å². The lowest BCUT2D eigenvalue weighted by molar-refractivity contribution is 0.0697. The second kappa shape index (κ2) is 4.86. The average Bonchev–Trinajstić information content (AvgIpc) is 2.33. The van der Waals surface area contributed by atoms with Crippen molar-refractivity contribution in [2.75, 3.05) is 19.0 Å². The molecule has 0 heterocycles. The molecule has 0 aromatic heterocycles. The minimum Gasteiger partial charge on any atom is -0.497 e. The Morgan fingerprint density at radius 1 is 1.50 bits per heavy atom. The number of aliphatic hydroxyl groups is 1. The van der Waals surface area contributed by atoms with E-state index < -0.39 is 5.97 Å². The van der Waals surface area contributed by atoms with Crippen molar-refractivity contribution in [1.82, 2.24) is 0 Å². The lowest BCUT2D eigenvalue weighted by atomic mass is 9.77. The normalized spacial score (nSPS) is 16.8. The molecule has 0 unspecified atom stereocenters. The van der Waals surface area contributed by atoms with Crippen LogP contribution in [0, 0.1) is 0 Å². The van der Waals surface area contributed by atoms with Gasteiger partial charge >= 0.3 is 5.97 Å². The number of methoxy groups -OCH3 is 1. The van der Waals surface area contributed by atoms with Gasteiger partial charge in [-0.1, -0.05) is 0 Å². The molecule has 18 heavy (non-hydrogen) atoms. The summed E-state index contributed by atoms with van der Waals surface area (Å²) in [6.45, 7) is 0.00324. The van der Waals surface area contributed by atoms with Gasteiger partial charge in [-0.25, -0.2) is 4.79 Å². The number of ether oxygens (including phenoxy) is 1. The highest BCUT2D eigenvalue weighted by Gasteiger charge is 2.37. The maximum atomic E-state index is 11.2. The van der Waals surface area contributed by atoms with Gasteiger partial charge in [0.25, 0.3) is 0 Å². The van der Waals surface area contributed by atoms with E-state index in [9.17, 15) is 9.90 Å². The Hall–Kier alpha value is -1.75. The van der Waals surface area contributed by atoms with Crippen molar-refractivity contribution < 1.29 is 19.7 Å². The number of carboxylic acids is 1. The van der Waals surface area contributed by atoms with Crippen LogP contribution in [0.1, 0.15) is 29.6 Å². The van der Waals surface area contributed by atoms with Crippen molar-refractivity contribution in [1.29, 1.82) is 0 Å². The molecule has 1 saturated carbocycles. The van der Waals surface area contributed by atoms with Gasteiger partial charge in [0.2, 0.25) is 0 Å². The number of nitrogens with one attached hydrogen (secondary N) is 1. The third-order valence-electron chi connectivity index (χ3n) is 3.47. The van der Waals surface area contributed by atoms with Crippen LogP contribution in [0.15, 0.2) is 18.2 Å². The van der Waals surface area contributed by atoms with E-state index in [0.29, 0.717) is 11.4 Å². The number of anilines is 1. The smallest absolute Gasteiger partial charge is 0.337 e. The third kappa shape index (κ3) is 2.26. The first-order valence-corrected chi connectivity index (χ1v) is 5.91. The Morgan fingerprint density at radius 3 is 2.67 bits per heavy atom. The van der Waals surface area contributed by atoms with Gasteiger partial charge in [-0.15, -0.1) is 0 Å². The topological polar surface area (TPSA) is 78.8 Å². The monoisotopic (exact) mass is 251 g/mol. The van der Waals surface area contributed by atoms with Crippen LogP contribution in [-0.2, 0) is 0 Å². The van der Waals surface area contributed by atoms with Crippen molar-refractivity contribution in [3.63, 3.8) is 0 Å². The van der Waals surface area contributed by atoms with E-state index in [1.807, 2.05) is 0 Å². The largest absolute Gasteiger partial charge is 0.497 e. The molecule has 3 N–H and O–H groups in total. The van der Waals surface area contributed by atoms with Gasteiger partial charge in [0, 0.05) is 6.07 Å². The molecule has 1 aliphatic rings. The van der Waals surface area contributed by atoms with E-state index in [2.05, 4.69) is 5.32 Å². The summed E-state index contributed by atoms with van der Waals surface area (Å²) in [5.41, 5.74) is 0.308. The standard InChI is InChI=1S/C13H17NO4/c1-18-9-3-4-10(12(16)17)11(7-9)14-13(8-15)5-2-6-13/h3-4,7,14-15H,2,5-6,8H2,1H3,(H,16,17). The Morgan fingerprint density at radius 2 is 2.22 bits per heavy atom. The van der Waals surface area contributed by atoms with Crippen LogP contribution in [0.5, 0.6) is 5.75 Å². The number of benzene rings is 1. The first-order chi connectivity index (χ1) is 8.60. The number of rotatable bonds is 5. The summed E-state index contributed by atoms with van der Waals surface area (Å²) in [5, 5.41) is 21.7. The number of aliphatic hydroxyl groups excluding tert-OH is 1. The Kier molecular flexibility index (Phi) is 3.43. The van der Waals surface area contributed by atoms with Crippen molar-refractivity contribution in [3.05, 3.63) is 23.8 Å². The van der Waals surface area contributed by atoms with Gasteiger partial charge in [-0.2, -0.15) is 0 Å². The fraction of sp³-hybridized carbons (Fsp3) is 0.462. The number of hydrogen-bond donors (Lipinski definition) is 3. The molecular formula is C13H17NO4. The molecular weight excluding hydrogens is 234 g/mol. The minimum absolute atomic E-state index is 0.00324. The molecule has 0 radical (unpaired) electrons. The molecule has 0 spiro atoms. The van der Waals surface area contributed by atoms with Crippen LogP contribution in [0.25, 0.3) is 0 Å². The zero-order chi connectivity index (χ0) is 13.2. The highest BCUT2D eigenvalue weighted by atomic mass is 16.5. The first kappa shape index (κ1) is 12.7. The molecule has 2 rings (SSSR count). The van der Waals surface area contributed by atoms with Crippen molar-refractivity contribution in [3.8, 4) is 5.75 Å². The van der Waals surface area contributed by atoms with E-state index in [1.165, 1.54) is 13.2 Å². The van der Waals surface area contributed by atoms with Crippen LogP contribution in [0.3, 0.4) is 0 Å². The van der Waals surface area contributed by atoms with Crippen LogP contribution < -0.4 is 10.1 Å². The summed E-state index contributed by atoms with van der Waals surface area (Å²) >= 11 is 0. The Bertz CT molecular complexity index is 449. The quantitative estimate of drug-likeness (QED) is 0.742. The van der Waals surface area contributed by atoms with Crippen molar-refractivity contribution in [2.24, 2.45) is 0 Å². The predicted molar refractivity (Wildman–Crippen MR) is 67.2 cm³/mol. The van der Waals surface area contributed by atoms with Crippen LogP contribution in [0.4, 0.5) is 5.69 Å². The summed E-state index contributed by atoms with van der Waals surface area (Å²) < 4.78 is 5.09. The summed E-state index contributed by atoms with van der Waals surface area (Å²) in [6.07, 6.45) is 2.74. The molecule has 1 aromatic rings. The van der Waals surface area contributed by atoms with Crippen LogP contribution in [-0.4, -0.2) is 35.4 Å². The molecule has 1 aromatic carbocycles. The van der Waals surface area contributed by atoms with E-state index in [0.717, 1.165) is 19.3 Å². The fourth-order valence-electron chi connectivity index (χ4n) is 2.15. The second-order valence-corrected chi connectivity index (χ2v) is 4.63. The maximum absolute atomic E-state index is 11.2. The Labute approximate surface area is 105 Å². The van der Waals surface area contributed by atoms with Crippen LogP contribution >= 0.6 is 0 Å². The first-order valence-electron chi connectivity index (χ1n) is 5.91. The number of carbonyl (C=O) groups is 1. The maximum Gasteiger partial charge on any atom is 0.337 e. The summed E-state index contributed by atoms with van der Waals surface area (Å²) in [7, 11) is 1.53. The zero-order valence-corrected chi connectivity index (χ0v) is 10.3. The minimum atomic E-state index is -0.993. The van der Waals surface area contributed by atoms with Gasteiger partial charge in [0.05, 0.1) is 30.5 Å². The SMILES string of the molecule is COc1ccc(C(=O)O)c(NC2(CO)CCC2)c1. The summed E-state index contributed by atoms with van der Waals surface area (Å²) in [4.78, 5) is 11.2. The van der Waals surface area contributed by atoms with Gasteiger partial charge in [0.15, 0.2) is 0 Å². The van der Waals surface area contributed by atoms with Crippen LogP contribution in [0.2, 0.25) is 0 Å². The Balaban J connectivity index is 2.31. The van der Waals surface area contributed by atoms with Crippen molar-refractivity contribution in [2.45, 2.75) is 24.8 Å². The summed E-state index contributed by atoms with van der Waals surface area (Å²) in [6, 6.07) is 4.77. The van der Waals surface area contributed by atoms with E-state index in [4.69, 9.17) is 9.84 Å². The highest BCUT2D eigenvalue weighted by molar-refractivity contribution is 5.94. The average molecular weight is 251 g/mol. The van der Waals surface area contributed by atoms with Gasteiger partial charge in [0.1, 0.15) is 5.75 Å². The molecule has 0 bridgehead atoms. The molecule has 5 heteroatoms. The van der Waals surface area contributed by atoms with E-state index >= 15 is 0 Å². The molecule has 0 amide bonds.